The van der Waals surface area contributed by atoms with E-state index >= 15 is 0 Å². The average molecular weight is 525 g/mol. The molecule has 2 aromatic rings. The molecule has 4 rings (SSSR count). The number of piperidine rings is 1. The third kappa shape index (κ3) is 6.54. The normalized spacial score (nSPS) is 18.3. The maximum atomic E-state index is 13.2. The van der Waals surface area contributed by atoms with Crippen molar-refractivity contribution in [1.29, 1.82) is 0 Å². The van der Waals surface area contributed by atoms with Crippen molar-refractivity contribution in [2.45, 2.75) is 25.1 Å². The van der Waals surface area contributed by atoms with Crippen molar-refractivity contribution in [3.63, 3.8) is 0 Å². The standard InChI is InChI=1S/C24H31F3N6O2S/c1-30-9-7-19(8-10-30)33(22(35)24(25,26)27)15-21(34)29-23-28-20(16-36-23)17-3-5-18(6-4-17)32-13-11-31(2)12-14-32/h3-6,16,19H,7-15H2,1-2H3,(H,28,29,34). The highest BCUT2D eigenvalue weighted by molar-refractivity contribution is 7.14. The van der Waals surface area contributed by atoms with Gasteiger partial charge in [0, 0.05) is 48.9 Å². The predicted molar refractivity (Wildman–Crippen MR) is 134 cm³/mol. The van der Waals surface area contributed by atoms with Gasteiger partial charge in [0.15, 0.2) is 5.13 Å². The molecule has 2 saturated heterocycles. The van der Waals surface area contributed by atoms with Gasteiger partial charge < -0.3 is 24.9 Å². The molecule has 2 aliphatic heterocycles. The van der Waals surface area contributed by atoms with E-state index in [0.29, 0.717) is 36.5 Å². The number of anilines is 2. The average Bonchev–Trinajstić information content (AvgIpc) is 3.31. The first-order chi connectivity index (χ1) is 17.1. The number of alkyl halides is 3. The second kappa shape index (κ2) is 11.1. The molecule has 0 unspecified atom stereocenters. The zero-order valence-corrected chi connectivity index (χ0v) is 21.2. The number of benzene rings is 1. The van der Waals surface area contributed by atoms with Crippen LogP contribution in [-0.2, 0) is 9.59 Å². The minimum Gasteiger partial charge on any atom is -0.369 e. The van der Waals surface area contributed by atoms with Gasteiger partial charge in [-0.15, -0.1) is 11.3 Å². The van der Waals surface area contributed by atoms with Crippen molar-refractivity contribution in [3.05, 3.63) is 29.6 Å². The maximum Gasteiger partial charge on any atom is 0.471 e. The minimum atomic E-state index is -5.03. The molecule has 1 aromatic carbocycles. The van der Waals surface area contributed by atoms with Crippen molar-refractivity contribution in [3.8, 4) is 11.3 Å². The monoisotopic (exact) mass is 524 g/mol. The summed E-state index contributed by atoms with van der Waals surface area (Å²) < 4.78 is 39.6. The van der Waals surface area contributed by atoms with Crippen LogP contribution in [0.1, 0.15) is 12.8 Å². The number of thiazole rings is 1. The lowest BCUT2D eigenvalue weighted by Crippen LogP contribution is -2.53. The Morgan fingerprint density at radius 2 is 1.64 bits per heavy atom. The van der Waals surface area contributed by atoms with Crippen LogP contribution >= 0.6 is 11.3 Å². The lowest BCUT2D eigenvalue weighted by atomic mass is 10.0. The van der Waals surface area contributed by atoms with Crippen LogP contribution in [0.25, 0.3) is 11.3 Å². The van der Waals surface area contributed by atoms with Gasteiger partial charge in [0.05, 0.1) is 5.69 Å². The topological polar surface area (TPSA) is 72.0 Å². The van der Waals surface area contributed by atoms with E-state index in [1.807, 2.05) is 36.2 Å². The highest BCUT2D eigenvalue weighted by atomic mass is 32.1. The van der Waals surface area contributed by atoms with Gasteiger partial charge in [0.1, 0.15) is 6.54 Å². The molecule has 1 N–H and O–H groups in total. The summed E-state index contributed by atoms with van der Waals surface area (Å²) in [5, 5.41) is 4.63. The molecule has 0 spiro atoms. The van der Waals surface area contributed by atoms with Crippen LogP contribution in [0.5, 0.6) is 0 Å². The maximum absolute atomic E-state index is 13.2. The lowest BCUT2D eigenvalue weighted by molar-refractivity contribution is -0.188. The van der Waals surface area contributed by atoms with Crippen LogP contribution in [0.4, 0.5) is 24.0 Å². The van der Waals surface area contributed by atoms with Crippen LogP contribution in [0, 0.1) is 0 Å². The molecule has 196 valence electrons. The number of piperazine rings is 1. The van der Waals surface area contributed by atoms with Crippen molar-refractivity contribution in [2.24, 2.45) is 0 Å². The number of halogens is 3. The van der Waals surface area contributed by atoms with Gasteiger partial charge >= 0.3 is 12.1 Å². The zero-order chi connectivity index (χ0) is 25.9. The van der Waals surface area contributed by atoms with Gasteiger partial charge in [-0.25, -0.2) is 4.98 Å². The smallest absolute Gasteiger partial charge is 0.369 e. The zero-order valence-electron chi connectivity index (χ0n) is 20.4. The number of likely N-dealkylation sites (tertiary alicyclic amines) is 1. The Bertz CT molecular complexity index is 1040. The molecule has 8 nitrogen and oxygen atoms in total. The van der Waals surface area contributed by atoms with Crippen molar-refractivity contribution < 1.29 is 22.8 Å². The molecule has 3 heterocycles. The number of amides is 2. The van der Waals surface area contributed by atoms with Gasteiger partial charge in [-0.05, 0) is 52.2 Å². The van der Waals surface area contributed by atoms with E-state index in [1.54, 1.807) is 5.38 Å². The molecule has 0 atom stereocenters. The second-order valence-electron chi connectivity index (χ2n) is 9.39. The number of hydrogen-bond acceptors (Lipinski definition) is 7. The molecule has 2 fully saturated rings. The molecule has 0 aliphatic carbocycles. The van der Waals surface area contributed by atoms with E-state index in [0.717, 1.165) is 37.4 Å². The van der Waals surface area contributed by atoms with Gasteiger partial charge in [-0.2, -0.15) is 13.2 Å². The minimum absolute atomic E-state index is 0.279. The third-order valence-corrected chi connectivity index (χ3v) is 7.49. The number of hydrogen-bond donors (Lipinski definition) is 1. The molecule has 36 heavy (non-hydrogen) atoms. The summed E-state index contributed by atoms with van der Waals surface area (Å²) in [5.74, 6) is -2.68. The van der Waals surface area contributed by atoms with Crippen LogP contribution in [-0.4, -0.2) is 104 Å². The van der Waals surface area contributed by atoms with Gasteiger partial charge in [0.2, 0.25) is 5.91 Å². The number of nitrogens with zero attached hydrogens (tertiary/aromatic N) is 5. The molecule has 0 bridgehead atoms. The first-order valence-corrected chi connectivity index (χ1v) is 12.8. The Morgan fingerprint density at radius 3 is 2.25 bits per heavy atom. The Morgan fingerprint density at radius 1 is 1.03 bits per heavy atom. The van der Waals surface area contributed by atoms with Crippen molar-refractivity contribution in [2.75, 3.05) is 70.1 Å². The fraction of sp³-hybridized carbons (Fsp3) is 0.542. The molecule has 0 radical (unpaired) electrons. The lowest BCUT2D eigenvalue weighted by Gasteiger charge is -2.37. The van der Waals surface area contributed by atoms with Crippen LogP contribution in [0.15, 0.2) is 29.6 Å². The third-order valence-electron chi connectivity index (χ3n) is 6.73. The molecular formula is C24H31F3N6O2S. The summed E-state index contributed by atoms with van der Waals surface area (Å²) in [7, 11) is 3.98. The van der Waals surface area contributed by atoms with Crippen molar-refractivity contribution in [1.82, 2.24) is 19.7 Å². The molecule has 1 aromatic heterocycles. The molecule has 0 saturated carbocycles. The number of rotatable bonds is 6. The molecule has 2 aliphatic rings. The summed E-state index contributed by atoms with van der Waals surface area (Å²) in [6.07, 6.45) is -4.26. The van der Waals surface area contributed by atoms with Crippen LogP contribution < -0.4 is 10.2 Å². The fourth-order valence-electron chi connectivity index (χ4n) is 4.52. The quantitative estimate of drug-likeness (QED) is 0.627. The summed E-state index contributed by atoms with van der Waals surface area (Å²) in [4.78, 5) is 36.4. The largest absolute Gasteiger partial charge is 0.471 e. The van der Waals surface area contributed by atoms with E-state index in [9.17, 15) is 22.8 Å². The Balaban J connectivity index is 1.38. The number of nitrogens with one attached hydrogen (secondary N) is 1. The van der Waals surface area contributed by atoms with E-state index in [4.69, 9.17) is 0 Å². The first kappa shape index (κ1) is 26.4. The molecular weight excluding hydrogens is 493 g/mol. The summed E-state index contributed by atoms with van der Waals surface area (Å²) in [5.41, 5.74) is 2.68. The van der Waals surface area contributed by atoms with Crippen molar-refractivity contribution >= 4 is 34.0 Å². The second-order valence-corrected chi connectivity index (χ2v) is 10.2. The van der Waals surface area contributed by atoms with Gasteiger partial charge in [-0.1, -0.05) is 12.1 Å². The predicted octanol–water partition coefficient (Wildman–Crippen LogP) is 2.99. The highest BCUT2D eigenvalue weighted by Gasteiger charge is 2.45. The van der Waals surface area contributed by atoms with E-state index in [2.05, 4.69) is 27.1 Å². The number of aromatic nitrogens is 1. The number of carbonyl (C=O) groups is 2. The Hall–Kier alpha value is -2.70. The first-order valence-electron chi connectivity index (χ1n) is 12.0. The Labute approximate surface area is 212 Å². The van der Waals surface area contributed by atoms with Gasteiger partial charge in [-0.3, -0.25) is 9.59 Å². The van der Waals surface area contributed by atoms with Crippen LogP contribution in [0.3, 0.4) is 0 Å². The summed E-state index contributed by atoms with van der Waals surface area (Å²) in [6.45, 7) is 4.43. The summed E-state index contributed by atoms with van der Waals surface area (Å²) in [6, 6.07) is 7.39. The Kier molecular flexibility index (Phi) is 8.16. The number of likely N-dealkylation sites (N-methyl/N-ethyl adjacent to an activating group) is 1. The van der Waals surface area contributed by atoms with Crippen LogP contribution in [0.2, 0.25) is 0 Å². The van der Waals surface area contributed by atoms with E-state index < -0.39 is 30.6 Å². The van der Waals surface area contributed by atoms with Gasteiger partial charge in [0.25, 0.3) is 0 Å². The van der Waals surface area contributed by atoms with E-state index in [-0.39, 0.29) is 5.13 Å². The van der Waals surface area contributed by atoms with E-state index in [1.165, 1.54) is 11.3 Å². The SMILES string of the molecule is CN1CCC(N(CC(=O)Nc2nc(-c3ccc(N4CCN(C)CC4)cc3)cs2)C(=O)C(F)(F)F)CC1. The fourth-order valence-corrected chi connectivity index (χ4v) is 5.26. The summed E-state index contributed by atoms with van der Waals surface area (Å²) >= 11 is 1.19. The molecule has 12 heteroatoms. The number of carbonyl (C=O) groups excluding carboxylic acids is 2. The molecule has 2 amide bonds. The highest BCUT2D eigenvalue weighted by Crippen LogP contribution is 2.28.